The number of hydrogen-bond acceptors (Lipinski definition) is 3. The highest BCUT2D eigenvalue weighted by atomic mass is 35.5. The Kier molecular flexibility index (Phi) is 6.39. The van der Waals surface area contributed by atoms with Crippen LogP contribution >= 0.6 is 23.4 Å². The first-order chi connectivity index (χ1) is 15.0. The van der Waals surface area contributed by atoms with Gasteiger partial charge in [-0.1, -0.05) is 71.9 Å². The van der Waals surface area contributed by atoms with E-state index in [1.165, 1.54) is 28.8 Å². The molecule has 0 unspecified atom stereocenters. The Hall–Kier alpha value is -3.09. The van der Waals surface area contributed by atoms with Crippen LogP contribution in [0.4, 0.5) is 10.1 Å². The molecule has 0 atom stereocenters. The summed E-state index contributed by atoms with van der Waals surface area (Å²) < 4.78 is 14.1. The van der Waals surface area contributed by atoms with E-state index >= 15 is 0 Å². The van der Waals surface area contributed by atoms with Crippen LogP contribution in [-0.2, 0) is 16.1 Å². The third kappa shape index (κ3) is 4.81. The summed E-state index contributed by atoms with van der Waals surface area (Å²) in [5, 5.41) is 3.37. The van der Waals surface area contributed by atoms with Crippen molar-refractivity contribution in [3.05, 3.63) is 99.7 Å². The molecular weight excluding hydrogens is 435 g/mol. The Bertz CT molecular complexity index is 1180. The topological polar surface area (TPSA) is 49.4 Å². The average molecular weight is 453 g/mol. The largest absolute Gasteiger partial charge is 0.350 e. The number of carbonyl (C=O) groups excluding carboxylic acids is 2. The van der Waals surface area contributed by atoms with E-state index in [-0.39, 0.29) is 24.9 Å². The fraction of sp³-hybridized carbons (Fsp3) is 0.0833. The van der Waals surface area contributed by atoms with Gasteiger partial charge in [-0.05, 0) is 35.9 Å². The van der Waals surface area contributed by atoms with Gasteiger partial charge in [-0.25, -0.2) is 4.39 Å². The molecule has 156 valence electrons. The number of halogens is 2. The number of nitrogens with zero attached hydrogens (tertiary/aromatic N) is 1. The van der Waals surface area contributed by atoms with Crippen molar-refractivity contribution in [1.29, 1.82) is 0 Å². The van der Waals surface area contributed by atoms with E-state index in [0.717, 1.165) is 10.5 Å². The molecule has 3 aromatic carbocycles. The van der Waals surface area contributed by atoms with Crippen molar-refractivity contribution in [2.75, 3.05) is 11.4 Å². The highest BCUT2D eigenvalue weighted by Gasteiger charge is 2.30. The van der Waals surface area contributed by atoms with Crippen molar-refractivity contribution in [2.24, 2.45) is 0 Å². The highest BCUT2D eigenvalue weighted by molar-refractivity contribution is 8.04. The maximum atomic E-state index is 14.1. The fourth-order valence-corrected chi connectivity index (χ4v) is 4.44. The van der Waals surface area contributed by atoms with Crippen molar-refractivity contribution in [3.8, 4) is 0 Å². The lowest BCUT2D eigenvalue weighted by atomic mass is 10.2. The first kappa shape index (κ1) is 21.2. The molecule has 1 heterocycles. The summed E-state index contributed by atoms with van der Waals surface area (Å²) in [6.07, 6.45) is 1.52. The van der Waals surface area contributed by atoms with Crippen LogP contribution in [0.25, 0.3) is 6.08 Å². The molecule has 2 amide bonds. The van der Waals surface area contributed by atoms with Crippen molar-refractivity contribution in [3.63, 3.8) is 0 Å². The molecule has 7 heteroatoms. The van der Waals surface area contributed by atoms with Gasteiger partial charge in [0.05, 0.1) is 10.6 Å². The van der Waals surface area contributed by atoms with E-state index in [1.807, 2.05) is 36.4 Å². The van der Waals surface area contributed by atoms with Crippen LogP contribution in [0.1, 0.15) is 11.1 Å². The van der Waals surface area contributed by atoms with Gasteiger partial charge in [0.1, 0.15) is 12.4 Å². The fourth-order valence-electron chi connectivity index (χ4n) is 3.19. The number of para-hydroxylation sites is 1. The Labute approximate surface area is 188 Å². The van der Waals surface area contributed by atoms with E-state index in [0.29, 0.717) is 21.2 Å². The molecule has 0 spiro atoms. The van der Waals surface area contributed by atoms with Gasteiger partial charge in [-0.2, -0.15) is 0 Å². The second kappa shape index (κ2) is 9.37. The number of rotatable bonds is 5. The molecule has 0 saturated carbocycles. The minimum absolute atomic E-state index is 0.157. The van der Waals surface area contributed by atoms with Crippen molar-refractivity contribution in [2.45, 2.75) is 11.4 Å². The van der Waals surface area contributed by atoms with Gasteiger partial charge in [0.25, 0.3) is 5.91 Å². The molecule has 1 N–H and O–H groups in total. The summed E-state index contributed by atoms with van der Waals surface area (Å²) in [5.74, 6) is -1.08. The molecule has 0 aliphatic carbocycles. The normalized spacial score (nSPS) is 14.5. The number of nitrogens with one attached hydrogen (secondary N) is 1. The molecule has 4 rings (SSSR count). The molecular formula is C24H18ClFN2O2S. The summed E-state index contributed by atoms with van der Waals surface area (Å²) in [6, 6.07) is 20.8. The lowest BCUT2D eigenvalue weighted by Crippen LogP contribution is -2.42. The first-order valence-corrected chi connectivity index (χ1v) is 10.8. The maximum Gasteiger partial charge on any atom is 0.265 e. The van der Waals surface area contributed by atoms with Crippen LogP contribution in [0.5, 0.6) is 0 Å². The van der Waals surface area contributed by atoms with E-state index in [2.05, 4.69) is 5.32 Å². The van der Waals surface area contributed by atoms with Crippen LogP contribution in [0.2, 0.25) is 5.02 Å². The Balaban J connectivity index is 1.57. The Morgan fingerprint density at radius 1 is 1.03 bits per heavy atom. The summed E-state index contributed by atoms with van der Waals surface area (Å²) >= 11 is 7.41. The number of hydrogen-bond donors (Lipinski definition) is 1. The number of amides is 2. The quantitative estimate of drug-likeness (QED) is 0.536. The molecule has 1 aliphatic rings. The van der Waals surface area contributed by atoms with Gasteiger partial charge in [0.15, 0.2) is 0 Å². The zero-order valence-corrected chi connectivity index (χ0v) is 17.9. The van der Waals surface area contributed by atoms with Crippen LogP contribution in [0.15, 0.2) is 82.6 Å². The van der Waals surface area contributed by atoms with Gasteiger partial charge in [-0.15, -0.1) is 0 Å². The van der Waals surface area contributed by atoms with E-state index in [4.69, 9.17) is 11.6 Å². The highest BCUT2D eigenvalue weighted by Crippen LogP contribution is 2.42. The zero-order valence-electron chi connectivity index (χ0n) is 16.3. The SMILES string of the molecule is O=C(CN1C(=O)C(=Cc2ccccc2F)Sc2ccccc21)NCc1ccccc1Cl. The second-order valence-corrected chi connectivity index (χ2v) is 8.35. The van der Waals surface area contributed by atoms with Gasteiger partial charge in [-0.3, -0.25) is 14.5 Å². The van der Waals surface area contributed by atoms with Gasteiger partial charge in [0, 0.05) is 22.0 Å². The first-order valence-electron chi connectivity index (χ1n) is 9.58. The summed E-state index contributed by atoms with van der Waals surface area (Å²) in [6.45, 7) is 0.102. The molecule has 0 bridgehead atoms. The molecule has 0 radical (unpaired) electrons. The van der Waals surface area contributed by atoms with Crippen LogP contribution < -0.4 is 10.2 Å². The second-order valence-electron chi connectivity index (χ2n) is 6.86. The average Bonchev–Trinajstić information content (AvgIpc) is 2.77. The number of benzene rings is 3. The van der Waals surface area contributed by atoms with Crippen molar-refractivity contribution >= 4 is 46.9 Å². The van der Waals surface area contributed by atoms with E-state index in [9.17, 15) is 14.0 Å². The minimum atomic E-state index is -0.411. The number of fused-ring (bicyclic) bond motifs is 1. The number of anilines is 1. The molecule has 4 nitrogen and oxygen atoms in total. The van der Waals surface area contributed by atoms with Crippen molar-refractivity contribution < 1.29 is 14.0 Å². The molecule has 1 aliphatic heterocycles. The smallest absolute Gasteiger partial charge is 0.265 e. The Morgan fingerprint density at radius 2 is 1.74 bits per heavy atom. The molecule has 0 aromatic heterocycles. The summed E-state index contributed by atoms with van der Waals surface area (Å²) in [4.78, 5) is 28.4. The third-order valence-corrected chi connectivity index (χ3v) is 6.21. The number of carbonyl (C=O) groups is 2. The summed E-state index contributed by atoms with van der Waals surface area (Å²) in [7, 11) is 0. The molecule has 0 saturated heterocycles. The molecule has 31 heavy (non-hydrogen) atoms. The minimum Gasteiger partial charge on any atom is -0.350 e. The monoisotopic (exact) mass is 452 g/mol. The lowest BCUT2D eigenvalue weighted by molar-refractivity contribution is -0.122. The predicted octanol–water partition coefficient (Wildman–Crippen LogP) is 5.28. The molecule has 3 aromatic rings. The van der Waals surface area contributed by atoms with Crippen molar-refractivity contribution in [1.82, 2.24) is 5.32 Å². The molecule has 0 fully saturated rings. The summed E-state index contributed by atoms with van der Waals surface area (Å²) in [5.41, 5.74) is 1.76. The van der Waals surface area contributed by atoms with E-state index in [1.54, 1.807) is 30.3 Å². The van der Waals surface area contributed by atoms with Crippen LogP contribution in [0, 0.1) is 5.82 Å². The zero-order chi connectivity index (χ0) is 21.8. The maximum absolute atomic E-state index is 14.1. The van der Waals surface area contributed by atoms with Crippen LogP contribution in [-0.4, -0.2) is 18.4 Å². The lowest BCUT2D eigenvalue weighted by Gasteiger charge is -2.29. The third-order valence-electron chi connectivity index (χ3n) is 4.76. The van der Waals surface area contributed by atoms with Gasteiger partial charge < -0.3 is 5.32 Å². The van der Waals surface area contributed by atoms with Gasteiger partial charge >= 0.3 is 0 Å². The van der Waals surface area contributed by atoms with E-state index < -0.39 is 5.82 Å². The standard InChI is InChI=1S/C24H18ClFN2O2S/c25-18-9-3-1-8-17(18)14-27-23(29)15-28-20-11-5-6-12-21(20)31-22(24(28)30)13-16-7-2-4-10-19(16)26/h1-13H,14-15H2,(H,27,29). The number of thioether (sulfide) groups is 1. The Morgan fingerprint density at radius 3 is 2.55 bits per heavy atom. The van der Waals surface area contributed by atoms with Gasteiger partial charge in [0.2, 0.25) is 5.91 Å². The van der Waals surface area contributed by atoms with Crippen LogP contribution in [0.3, 0.4) is 0 Å². The predicted molar refractivity (Wildman–Crippen MR) is 122 cm³/mol.